The van der Waals surface area contributed by atoms with E-state index in [-0.39, 0.29) is 5.37 Å². The van der Waals surface area contributed by atoms with Crippen molar-refractivity contribution in [2.24, 2.45) is 0 Å². The molecule has 0 saturated carbocycles. The Morgan fingerprint density at radius 1 is 1.77 bits per heavy atom. The van der Waals surface area contributed by atoms with E-state index < -0.39 is 12.0 Å². The van der Waals surface area contributed by atoms with Crippen LogP contribution in [0.5, 0.6) is 0 Å². The van der Waals surface area contributed by atoms with Gasteiger partial charge in [0.15, 0.2) is 0 Å². The molecule has 6 heteroatoms. The second-order valence-electron chi connectivity index (χ2n) is 2.67. The number of rotatable bonds is 2. The van der Waals surface area contributed by atoms with Gasteiger partial charge in [0.1, 0.15) is 6.04 Å². The number of thiazole rings is 1. The number of carboxylic acids is 1. The van der Waals surface area contributed by atoms with E-state index in [2.05, 4.69) is 10.3 Å². The Balaban J connectivity index is 2.03. The monoisotopic (exact) mass is 216 g/mol. The molecular formula is C7H8N2O2S2. The Morgan fingerprint density at radius 2 is 2.62 bits per heavy atom. The lowest BCUT2D eigenvalue weighted by molar-refractivity contribution is -0.138. The highest BCUT2D eigenvalue weighted by Gasteiger charge is 2.30. The van der Waals surface area contributed by atoms with Crippen LogP contribution < -0.4 is 5.32 Å². The van der Waals surface area contributed by atoms with Crippen LogP contribution in [-0.2, 0) is 4.79 Å². The Morgan fingerprint density at radius 3 is 3.15 bits per heavy atom. The first kappa shape index (κ1) is 8.98. The predicted molar refractivity (Wildman–Crippen MR) is 51.9 cm³/mol. The number of hydrogen-bond acceptors (Lipinski definition) is 5. The van der Waals surface area contributed by atoms with Gasteiger partial charge in [0, 0.05) is 11.9 Å². The molecule has 0 spiro atoms. The van der Waals surface area contributed by atoms with Crippen LogP contribution in [0.2, 0.25) is 0 Å². The fourth-order valence-electron chi connectivity index (χ4n) is 1.13. The molecule has 0 radical (unpaired) electrons. The topological polar surface area (TPSA) is 62.2 Å². The van der Waals surface area contributed by atoms with Crippen LogP contribution in [-0.4, -0.2) is 27.9 Å². The molecule has 1 aliphatic rings. The highest BCUT2D eigenvalue weighted by Crippen LogP contribution is 2.34. The molecule has 0 bridgehead atoms. The molecule has 2 atom stereocenters. The van der Waals surface area contributed by atoms with Crippen LogP contribution in [0.4, 0.5) is 0 Å². The molecule has 70 valence electrons. The van der Waals surface area contributed by atoms with E-state index in [0.29, 0.717) is 5.75 Å². The van der Waals surface area contributed by atoms with Gasteiger partial charge in [-0.25, -0.2) is 0 Å². The first-order valence-corrected chi connectivity index (χ1v) is 5.69. The molecule has 1 fully saturated rings. The molecule has 0 aromatic carbocycles. The van der Waals surface area contributed by atoms with Crippen LogP contribution in [0, 0.1) is 0 Å². The number of aromatic nitrogens is 1. The highest BCUT2D eigenvalue weighted by molar-refractivity contribution is 7.99. The number of nitrogens with one attached hydrogen (secondary N) is 1. The van der Waals surface area contributed by atoms with Gasteiger partial charge < -0.3 is 5.11 Å². The van der Waals surface area contributed by atoms with Crippen LogP contribution in [0.15, 0.2) is 11.7 Å². The van der Waals surface area contributed by atoms with Gasteiger partial charge in [0.05, 0.1) is 15.8 Å². The maximum absolute atomic E-state index is 10.6. The molecule has 13 heavy (non-hydrogen) atoms. The van der Waals surface area contributed by atoms with E-state index in [9.17, 15) is 4.79 Å². The Kier molecular flexibility index (Phi) is 2.52. The number of nitrogens with zero attached hydrogens (tertiary/aromatic N) is 1. The van der Waals surface area contributed by atoms with Crippen LogP contribution in [0.25, 0.3) is 0 Å². The van der Waals surface area contributed by atoms with Crippen molar-refractivity contribution >= 4 is 29.1 Å². The van der Waals surface area contributed by atoms with E-state index in [0.717, 1.165) is 4.88 Å². The minimum atomic E-state index is -0.778. The zero-order chi connectivity index (χ0) is 9.26. The van der Waals surface area contributed by atoms with Crippen molar-refractivity contribution in [3.05, 3.63) is 16.6 Å². The molecule has 2 heterocycles. The lowest BCUT2D eigenvalue weighted by atomic mass is 10.3. The lowest BCUT2D eigenvalue weighted by Crippen LogP contribution is -2.33. The zero-order valence-corrected chi connectivity index (χ0v) is 8.27. The van der Waals surface area contributed by atoms with Gasteiger partial charge in [-0.2, -0.15) is 0 Å². The molecule has 1 saturated heterocycles. The Labute approximate surface area is 83.4 Å². The smallest absolute Gasteiger partial charge is 0.321 e. The summed E-state index contributed by atoms with van der Waals surface area (Å²) in [4.78, 5) is 15.7. The largest absolute Gasteiger partial charge is 0.480 e. The molecule has 0 aliphatic carbocycles. The summed E-state index contributed by atoms with van der Waals surface area (Å²) in [7, 11) is 0. The maximum atomic E-state index is 10.6. The molecule has 2 N–H and O–H groups in total. The third-order valence-corrected chi connectivity index (χ3v) is 4.03. The predicted octanol–water partition coefficient (Wildman–Crippen LogP) is 0.931. The molecule has 1 aromatic rings. The summed E-state index contributed by atoms with van der Waals surface area (Å²) in [5, 5.41) is 11.9. The summed E-state index contributed by atoms with van der Waals surface area (Å²) < 4.78 is 0. The van der Waals surface area contributed by atoms with Gasteiger partial charge in [-0.15, -0.1) is 23.1 Å². The Bertz CT molecular complexity index is 301. The average Bonchev–Trinajstić information content (AvgIpc) is 2.75. The summed E-state index contributed by atoms with van der Waals surface area (Å²) in [6.45, 7) is 0. The molecule has 0 amide bonds. The molecule has 0 unspecified atom stereocenters. The van der Waals surface area contributed by atoms with Crippen LogP contribution in [0.3, 0.4) is 0 Å². The van der Waals surface area contributed by atoms with Crippen LogP contribution >= 0.6 is 23.1 Å². The molecule has 1 aliphatic heterocycles. The van der Waals surface area contributed by atoms with Gasteiger partial charge in [-0.1, -0.05) is 0 Å². The van der Waals surface area contributed by atoms with E-state index in [1.165, 1.54) is 0 Å². The van der Waals surface area contributed by atoms with E-state index in [1.54, 1.807) is 34.8 Å². The summed E-state index contributed by atoms with van der Waals surface area (Å²) in [5.74, 6) is -0.155. The van der Waals surface area contributed by atoms with Crippen molar-refractivity contribution in [2.45, 2.75) is 11.4 Å². The standard InChI is InChI=1S/C7H8N2O2S2/c10-7(11)4-2-12-6(9-4)5-1-8-3-13-5/h1,3-4,6,9H,2H2,(H,10,11)/t4-,6+/m0/s1. The fraction of sp³-hybridized carbons (Fsp3) is 0.429. The quantitative estimate of drug-likeness (QED) is 0.770. The first-order chi connectivity index (χ1) is 6.27. The average molecular weight is 216 g/mol. The maximum Gasteiger partial charge on any atom is 0.321 e. The van der Waals surface area contributed by atoms with Crippen LogP contribution in [0.1, 0.15) is 10.3 Å². The van der Waals surface area contributed by atoms with E-state index in [4.69, 9.17) is 5.11 Å². The fourth-order valence-corrected chi connectivity index (χ4v) is 3.17. The number of hydrogen-bond donors (Lipinski definition) is 2. The van der Waals surface area contributed by atoms with Crippen molar-refractivity contribution in [3.63, 3.8) is 0 Å². The van der Waals surface area contributed by atoms with Crippen molar-refractivity contribution in [1.29, 1.82) is 0 Å². The van der Waals surface area contributed by atoms with Gasteiger partial charge in [0.2, 0.25) is 0 Å². The Hall–Kier alpha value is -0.590. The number of carbonyl (C=O) groups is 1. The minimum absolute atomic E-state index is 0.105. The normalized spacial score (nSPS) is 27.7. The molecular weight excluding hydrogens is 208 g/mol. The van der Waals surface area contributed by atoms with E-state index >= 15 is 0 Å². The van der Waals surface area contributed by atoms with Gasteiger partial charge >= 0.3 is 5.97 Å². The summed E-state index contributed by atoms with van der Waals surface area (Å²) in [6, 6.07) is -0.419. The highest BCUT2D eigenvalue weighted by atomic mass is 32.2. The van der Waals surface area contributed by atoms with Crippen molar-refractivity contribution in [1.82, 2.24) is 10.3 Å². The second-order valence-corrected chi connectivity index (χ2v) is 4.73. The number of thioether (sulfide) groups is 1. The third-order valence-electron chi connectivity index (χ3n) is 1.79. The number of aliphatic carboxylic acids is 1. The lowest BCUT2D eigenvalue weighted by Gasteiger charge is -2.06. The molecule has 2 rings (SSSR count). The van der Waals surface area contributed by atoms with Gasteiger partial charge in [-0.3, -0.25) is 15.1 Å². The summed E-state index contributed by atoms with van der Waals surface area (Å²) in [5.41, 5.74) is 1.76. The van der Waals surface area contributed by atoms with Gasteiger partial charge in [-0.05, 0) is 0 Å². The van der Waals surface area contributed by atoms with Gasteiger partial charge in [0.25, 0.3) is 0 Å². The molecule has 4 nitrogen and oxygen atoms in total. The van der Waals surface area contributed by atoms with E-state index in [1.807, 2.05) is 0 Å². The SMILES string of the molecule is O=C(O)[C@@H]1CS[C@H](c2cncs2)N1. The third kappa shape index (κ3) is 1.84. The second kappa shape index (κ2) is 3.65. The van der Waals surface area contributed by atoms with Crippen molar-refractivity contribution in [3.8, 4) is 0 Å². The molecule has 1 aromatic heterocycles. The van der Waals surface area contributed by atoms with Crippen molar-refractivity contribution < 1.29 is 9.90 Å². The summed E-state index contributed by atoms with van der Waals surface area (Å²) >= 11 is 3.16. The first-order valence-electron chi connectivity index (χ1n) is 3.76. The summed E-state index contributed by atoms with van der Waals surface area (Å²) in [6.07, 6.45) is 1.78. The zero-order valence-electron chi connectivity index (χ0n) is 6.64. The number of carboxylic acid groups (broad SMARTS) is 1. The minimum Gasteiger partial charge on any atom is -0.480 e. The van der Waals surface area contributed by atoms with Crippen molar-refractivity contribution in [2.75, 3.05) is 5.75 Å².